The molecule has 4 rings (SSSR count). The van der Waals surface area contributed by atoms with Gasteiger partial charge < -0.3 is 10.2 Å². The first-order valence-corrected chi connectivity index (χ1v) is 10.9. The number of nitrogens with zero attached hydrogens (tertiary/aromatic N) is 4. The van der Waals surface area contributed by atoms with Crippen LogP contribution in [-0.4, -0.2) is 38.8 Å². The number of piperidine rings is 1. The van der Waals surface area contributed by atoms with Crippen LogP contribution in [-0.2, 0) is 4.79 Å². The fourth-order valence-corrected chi connectivity index (χ4v) is 3.94. The molecule has 1 aliphatic rings. The molecule has 1 unspecified atom stereocenters. The maximum absolute atomic E-state index is 13.7. The second-order valence-electron chi connectivity index (χ2n) is 9.21. The van der Waals surface area contributed by atoms with E-state index in [0.717, 1.165) is 30.6 Å². The van der Waals surface area contributed by atoms with E-state index in [9.17, 15) is 9.18 Å². The van der Waals surface area contributed by atoms with E-state index < -0.39 is 5.41 Å². The van der Waals surface area contributed by atoms with Gasteiger partial charge in [-0.05, 0) is 43.2 Å². The van der Waals surface area contributed by atoms with Crippen LogP contribution >= 0.6 is 0 Å². The Labute approximate surface area is 187 Å². The lowest BCUT2D eigenvalue weighted by Crippen LogP contribution is -2.44. The minimum absolute atomic E-state index is 0.0323. The van der Waals surface area contributed by atoms with Crippen molar-refractivity contribution in [1.82, 2.24) is 19.9 Å². The summed E-state index contributed by atoms with van der Waals surface area (Å²) in [5, 5.41) is 3.21. The number of hydrogen-bond donors (Lipinski definition) is 1. The minimum Gasteiger partial charge on any atom is -0.342 e. The summed E-state index contributed by atoms with van der Waals surface area (Å²) in [6.45, 7) is 7.18. The summed E-state index contributed by atoms with van der Waals surface area (Å²) in [4.78, 5) is 28.5. The molecule has 32 heavy (non-hydrogen) atoms. The van der Waals surface area contributed by atoms with Crippen LogP contribution < -0.4 is 5.32 Å². The summed E-state index contributed by atoms with van der Waals surface area (Å²) in [6.07, 6.45) is 5.26. The molecule has 166 valence electrons. The van der Waals surface area contributed by atoms with E-state index in [1.165, 1.54) is 12.1 Å². The summed E-state index contributed by atoms with van der Waals surface area (Å²) in [5.41, 5.74) is 1.87. The molecule has 1 N–H and O–H groups in total. The zero-order valence-corrected chi connectivity index (χ0v) is 18.7. The van der Waals surface area contributed by atoms with Gasteiger partial charge in [0.25, 0.3) is 0 Å². The first-order chi connectivity index (χ1) is 15.3. The van der Waals surface area contributed by atoms with Crippen molar-refractivity contribution in [2.45, 2.75) is 39.5 Å². The average Bonchev–Trinajstić information content (AvgIpc) is 2.78. The Kier molecular flexibility index (Phi) is 6.17. The van der Waals surface area contributed by atoms with Gasteiger partial charge in [-0.25, -0.2) is 14.4 Å². The molecule has 1 aromatic carbocycles. The van der Waals surface area contributed by atoms with Gasteiger partial charge in [-0.3, -0.25) is 9.78 Å². The van der Waals surface area contributed by atoms with Crippen LogP contribution in [0.3, 0.4) is 0 Å². The highest BCUT2D eigenvalue weighted by molar-refractivity contribution is 5.81. The Morgan fingerprint density at radius 3 is 2.62 bits per heavy atom. The topological polar surface area (TPSA) is 71.0 Å². The van der Waals surface area contributed by atoms with Gasteiger partial charge in [-0.2, -0.15) is 0 Å². The maximum atomic E-state index is 13.7. The Bertz CT molecular complexity index is 1100. The van der Waals surface area contributed by atoms with Gasteiger partial charge in [-0.15, -0.1) is 0 Å². The lowest BCUT2D eigenvalue weighted by Gasteiger charge is -2.36. The number of benzene rings is 1. The molecule has 1 aliphatic heterocycles. The van der Waals surface area contributed by atoms with Crippen LogP contribution in [0.2, 0.25) is 0 Å². The third-order valence-corrected chi connectivity index (χ3v) is 5.53. The Morgan fingerprint density at radius 2 is 1.91 bits per heavy atom. The summed E-state index contributed by atoms with van der Waals surface area (Å²) >= 11 is 0. The van der Waals surface area contributed by atoms with Crippen LogP contribution in [0.15, 0.2) is 54.9 Å². The Morgan fingerprint density at radius 1 is 1.12 bits per heavy atom. The number of carbonyl (C=O) groups is 1. The second-order valence-corrected chi connectivity index (χ2v) is 9.21. The van der Waals surface area contributed by atoms with Gasteiger partial charge >= 0.3 is 0 Å². The van der Waals surface area contributed by atoms with Crippen molar-refractivity contribution in [3.63, 3.8) is 0 Å². The third kappa shape index (κ3) is 5.10. The summed E-state index contributed by atoms with van der Waals surface area (Å²) in [7, 11) is 0. The number of amides is 1. The molecule has 1 fully saturated rings. The van der Waals surface area contributed by atoms with Crippen LogP contribution in [0.25, 0.3) is 11.3 Å². The highest BCUT2D eigenvalue weighted by Crippen LogP contribution is 2.31. The van der Waals surface area contributed by atoms with Crippen molar-refractivity contribution in [3.8, 4) is 11.3 Å². The fourth-order valence-electron chi connectivity index (χ4n) is 3.94. The highest BCUT2D eigenvalue weighted by atomic mass is 19.1. The zero-order valence-electron chi connectivity index (χ0n) is 18.7. The van der Waals surface area contributed by atoms with E-state index in [1.807, 2.05) is 43.9 Å². The molecule has 0 radical (unpaired) electrons. The fraction of sp³-hybridized carbons (Fsp3) is 0.360. The van der Waals surface area contributed by atoms with E-state index in [-0.39, 0.29) is 17.6 Å². The molecule has 3 aromatic rings. The van der Waals surface area contributed by atoms with Crippen LogP contribution in [0.4, 0.5) is 15.9 Å². The quantitative estimate of drug-likeness (QED) is 0.614. The molecule has 7 heteroatoms. The molecule has 0 bridgehead atoms. The summed E-state index contributed by atoms with van der Waals surface area (Å²) in [6, 6.07) is 11.9. The smallest absolute Gasteiger partial charge is 0.227 e. The Balaban J connectivity index is 1.68. The molecule has 1 saturated heterocycles. The summed E-state index contributed by atoms with van der Waals surface area (Å²) in [5.74, 6) is 1.13. The van der Waals surface area contributed by atoms with Gasteiger partial charge in [0.15, 0.2) is 0 Å². The van der Waals surface area contributed by atoms with Crippen molar-refractivity contribution in [2.24, 2.45) is 5.41 Å². The first-order valence-electron chi connectivity index (χ1n) is 10.9. The standard InChI is InChI=1S/C25H28FN5O/c1-25(2,3)24(32)31-13-5-6-18(16-31)23-29-21(17-9-11-27-12-10-17)15-22(30-23)28-20-8-4-7-19(26)14-20/h4,7-12,14-15,18H,5-6,13,16H2,1-3H3,(H,28,29,30). The molecule has 3 heterocycles. The highest BCUT2D eigenvalue weighted by Gasteiger charge is 2.32. The monoisotopic (exact) mass is 433 g/mol. The van der Waals surface area contributed by atoms with Crippen molar-refractivity contribution in [1.29, 1.82) is 0 Å². The van der Waals surface area contributed by atoms with Gasteiger partial charge in [0.1, 0.15) is 17.5 Å². The van der Waals surface area contributed by atoms with E-state index >= 15 is 0 Å². The van der Waals surface area contributed by atoms with Gasteiger partial charge in [0.2, 0.25) is 5.91 Å². The normalized spacial score (nSPS) is 16.6. The number of rotatable bonds is 4. The maximum Gasteiger partial charge on any atom is 0.227 e. The predicted molar refractivity (Wildman–Crippen MR) is 123 cm³/mol. The third-order valence-electron chi connectivity index (χ3n) is 5.53. The van der Waals surface area contributed by atoms with E-state index in [0.29, 0.717) is 23.9 Å². The van der Waals surface area contributed by atoms with Crippen LogP contribution in [0.1, 0.15) is 45.4 Å². The van der Waals surface area contributed by atoms with Gasteiger partial charge in [0.05, 0.1) is 5.69 Å². The van der Waals surface area contributed by atoms with E-state index in [1.54, 1.807) is 24.5 Å². The van der Waals surface area contributed by atoms with Crippen molar-refractivity contribution >= 4 is 17.4 Å². The number of carbonyl (C=O) groups excluding carboxylic acids is 1. The Hall–Kier alpha value is -3.35. The summed E-state index contributed by atoms with van der Waals surface area (Å²) < 4.78 is 13.7. The number of pyridine rings is 1. The number of halogens is 1. The lowest BCUT2D eigenvalue weighted by atomic mass is 9.91. The first kappa shape index (κ1) is 21.9. The molecular formula is C25H28FN5O. The van der Waals surface area contributed by atoms with Gasteiger partial charge in [-0.1, -0.05) is 26.8 Å². The van der Waals surface area contributed by atoms with Crippen LogP contribution in [0.5, 0.6) is 0 Å². The largest absolute Gasteiger partial charge is 0.342 e. The van der Waals surface area contributed by atoms with Crippen molar-refractivity contribution in [3.05, 3.63) is 66.5 Å². The van der Waals surface area contributed by atoms with Crippen LogP contribution in [0, 0.1) is 11.2 Å². The lowest BCUT2D eigenvalue weighted by molar-refractivity contribution is -0.140. The minimum atomic E-state index is -0.425. The number of likely N-dealkylation sites (tertiary alicyclic amines) is 1. The van der Waals surface area contributed by atoms with Crippen molar-refractivity contribution < 1.29 is 9.18 Å². The van der Waals surface area contributed by atoms with E-state index in [2.05, 4.69) is 10.3 Å². The zero-order chi connectivity index (χ0) is 22.7. The molecule has 2 aromatic heterocycles. The molecule has 1 amide bonds. The number of anilines is 2. The second kappa shape index (κ2) is 9.02. The molecule has 6 nitrogen and oxygen atoms in total. The SMILES string of the molecule is CC(C)(C)C(=O)N1CCCC(c2nc(Nc3cccc(F)c3)cc(-c3ccncc3)n2)C1. The molecule has 0 aliphatic carbocycles. The number of nitrogens with one attached hydrogen (secondary N) is 1. The molecular weight excluding hydrogens is 405 g/mol. The molecule has 0 saturated carbocycles. The average molecular weight is 434 g/mol. The predicted octanol–water partition coefficient (Wildman–Crippen LogP) is 5.17. The number of hydrogen-bond acceptors (Lipinski definition) is 5. The van der Waals surface area contributed by atoms with Crippen molar-refractivity contribution in [2.75, 3.05) is 18.4 Å². The molecule has 0 spiro atoms. The van der Waals surface area contributed by atoms with Gasteiger partial charge in [0, 0.05) is 54.1 Å². The number of aromatic nitrogens is 3. The molecule has 1 atom stereocenters. The van der Waals surface area contributed by atoms with E-state index in [4.69, 9.17) is 9.97 Å².